The van der Waals surface area contributed by atoms with Gasteiger partial charge in [0.1, 0.15) is 5.57 Å². The molecule has 1 saturated heterocycles. The van der Waals surface area contributed by atoms with Crippen molar-refractivity contribution in [1.82, 2.24) is 5.43 Å². The van der Waals surface area contributed by atoms with Gasteiger partial charge in [-0.1, -0.05) is 18.2 Å². The van der Waals surface area contributed by atoms with Crippen LogP contribution in [0.2, 0.25) is 0 Å². The summed E-state index contributed by atoms with van der Waals surface area (Å²) in [6, 6.07) is 11.0. The molecule has 0 aromatic heterocycles. The lowest BCUT2D eigenvalue weighted by atomic mass is 10.1. The van der Waals surface area contributed by atoms with E-state index in [9.17, 15) is 24.5 Å². The summed E-state index contributed by atoms with van der Waals surface area (Å²) in [5.74, 6) is -2.31. The van der Waals surface area contributed by atoms with Gasteiger partial charge < -0.3 is 14.2 Å². The van der Waals surface area contributed by atoms with E-state index in [1.807, 2.05) is 0 Å². The molecule has 0 unspecified atom stereocenters. The highest BCUT2D eigenvalue weighted by molar-refractivity contribution is 6.31. The van der Waals surface area contributed by atoms with Crippen LogP contribution in [0.5, 0.6) is 11.5 Å². The average molecular weight is 455 g/mol. The van der Waals surface area contributed by atoms with E-state index in [1.54, 1.807) is 37.3 Å². The third-order valence-electron chi connectivity index (χ3n) is 4.60. The Hall–Kier alpha value is -4.41. The number of carbonyl (C=O) groups is 3. The Balaban J connectivity index is 2.03. The van der Waals surface area contributed by atoms with Crippen LogP contribution in [0.3, 0.4) is 0 Å². The zero-order chi connectivity index (χ0) is 24.1. The molecule has 2 aromatic rings. The monoisotopic (exact) mass is 455 g/mol. The normalized spacial score (nSPS) is 15.2. The number of hydrogen-bond donors (Lipinski definition) is 1. The summed E-state index contributed by atoms with van der Waals surface area (Å²) >= 11 is 0. The Bertz CT molecular complexity index is 1130. The average Bonchev–Trinajstić information content (AvgIpc) is 3.08. The fourth-order valence-electron chi connectivity index (χ4n) is 3.08. The molecule has 0 radical (unpaired) electrons. The molecule has 1 heterocycles. The highest BCUT2D eigenvalue weighted by atomic mass is 16.6. The lowest BCUT2D eigenvalue weighted by Gasteiger charge is -2.16. The van der Waals surface area contributed by atoms with Crippen molar-refractivity contribution >= 4 is 35.2 Å². The summed E-state index contributed by atoms with van der Waals surface area (Å²) in [6.07, 6.45) is 0.0858. The fourth-order valence-corrected chi connectivity index (χ4v) is 3.08. The van der Waals surface area contributed by atoms with Crippen molar-refractivity contribution in [2.24, 2.45) is 0 Å². The van der Waals surface area contributed by atoms with Crippen molar-refractivity contribution in [3.8, 4) is 11.5 Å². The second kappa shape index (κ2) is 9.81. The largest absolute Gasteiger partial charge is 0.490 e. The van der Waals surface area contributed by atoms with Crippen LogP contribution >= 0.6 is 0 Å². The Kier molecular flexibility index (Phi) is 6.91. The number of rotatable bonds is 8. The SMILES string of the molecule is CCOc1cc(/C=C2/C(=O)NN(c3ccccc3)C2=O)cc([N+](=O)[O-])c1O[C@@H](C)C(=O)OC. The fraction of sp³-hybridized carbons (Fsp3) is 0.227. The van der Waals surface area contributed by atoms with Crippen LogP contribution in [0.15, 0.2) is 48.0 Å². The number of carbonyl (C=O) groups excluding carboxylic acids is 3. The van der Waals surface area contributed by atoms with Crippen LogP contribution < -0.4 is 19.9 Å². The second-order valence-electron chi connectivity index (χ2n) is 6.82. The van der Waals surface area contributed by atoms with E-state index >= 15 is 0 Å². The van der Waals surface area contributed by atoms with Crippen molar-refractivity contribution in [2.45, 2.75) is 20.0 Å². The zero-order valence-corrected chi connectivity index (χ0v) is 18.1. The predicted molar refractivity (Wildman–Crippen MR) is 116 cm³/mol. The Labute approximate surface area is 188 Å². The molecular weight excluding hydrogens is 434 g/mol. The summed E-state index contributed by atoms with van der Waals surface area (Å²) in [5, 5.41) is 12.8. The number of benzene rings is 2. The maximum atomic E-state index is 12.8. The standard InChI is InChI=1S/C22H21N3O8/c1-4-32-18-12-14(11-17(25(29)30)19(18)33-13(2)22(28)31-3)10-16-20(26)23-24(21(16)27)15-8-6-5-7-9-15/h5-13H,4H2,1-3H3,(H,23,26)/b16-10-/t13-/m0/s1. The van der Waals surface area contributed by atoms with Crippen molar-refractivity contribution in [3.05, 3.63) is 63.7 Å². The molecule has 1 aliphatic heterocycles. The molecule has 2 amide bonds. The van der Waals surface area contributed by atoms with E-state index in [-0.39, 0.29) is 29.2 Å². The quantitative estimate of drug-likeness (QED) is 0.211. The van der Waals surface area contributed by atoms with E-state index in [0.29, 0.717) is 5.69 Å². The van der Waals surface area contributed by atoms with Crippen molar-refractivity contribution < 1.29 is 33.5 Å². The summed E-state index contributed by atoms with van der Waals surface area (Å²) in [5.41, 5.74) is 2.36. The molecule has 1 fully saturated rings. The molecule has 0 spiro atoms. The van der Waals surface area contributed by atoms with Crippen molar-refractivity contribution in [2.75, 3.05) is 18.7 Å². The number of nitrogens with one attached hydrogen (secondary N) is 1. The second-order valence-corrected chi connectivity index (χ2v) is 6.82. The molecule has 33 heavy (non-hydrogen) atoms. The molecule has 11 nitrogen and oxygen atoms in total. The first-order chi connectivity index (χ1) is 15.8. The number of nitrogens with zero attached hydrogens (tertiary/aromatic N) is 2. The minimum absolute atomic E-state index is 0.0277. The summed E-state index contributed by atoms with van der Waals surface area (Å²) in [4.78, 5) is 48.0. The van der Waals surface area contributed by atoms with Gasteiger partial charge in [0.25, 0.3) is 11.8 Å². The molecule has 0 bridgehead atoms. The van der Waals surface area contributed by atoms with E-state index < -0.39 is 34.5 Å². The zero-order valence-electron chi connectivity index (χ0n) is 18.1. The topological polar surface area (TPSA) is 137 Å². The molecule has 0 saturated carbocycles. The summed E-state index contributed by atoms with van der Waals surface area (Å²) < 4.78 is 15.5. The number of ether oxygens (including phenoxy) is 3. The summed E-state index contributed by atoms with van der Waals surface area (Å²) in [7, 11) is 1.16. The molecule has 1 aliphatic rings. The van der Waals surface area contributed by atoms with E-state index in [1.165, 1.54) is 19.1 Å². The van der Waals surface area contributed by atoms with Crippen LogP contribution in [0.4, 0.5) is 11.4 Å². The predicted octanol–water partition coefficient (Wildman–Crippen LogP) is 2.40. The lowest BCUT2D eigenvalue weighted by molar-refractivity contribution is -0.386. The van der Waals surface area contributed by atoms with Gasteiger partial charge in [-0.2, -0.15) is 0 Å². The highest BCUT2D eigenvalue weighted by Gasteiger charge is 2.35. The van der Waals surface area contributed by atoms with E-state index in [2.05, 4.69) is 10.2 Å². The first kappa shape index (κ1) is 23.3. The van der Waals surface area contributed by atoms with E-state index in [0.717, 1.165) is 18.2 Å². The van der Waals surface area contributed by atoms with Crippen molar-refractivity contribution in [1.29, 1.82) is 0 Å². The number of amides is 2. The van der Waals surface area contributed by atoms with Gasteiger partial charge in [-0.25, -0.2) is 9.80 Å². The number of esters is 1. The molecule has 1 N–H and O–H groups in total. The molecular formula is C22H21N3O8. The van der Waals surface area contributed by atoms with Crippen molar-refractivity contribution in [3.63, 3.8) is 0 Å². The minimum atomic E-state index is -1.14. The van der Waals surface area contributed by atoms with Crippen LogP contribution in [0.1, 0.15) is 19.4 Å². The molecule has 3 rings (SSSR count). The smallest absolute Gasteiger partial charge is 0.346 e. The van der Waals surface area contributed by atoms with Gasteiger partial charge in [-0.3, -0.25) is 25.1 Å². The molecule has 1 atom stereocenters. The Morgan fingerprint density at radius 2 is 1.94 bits per heavy atom. The molecule has 2 aromatic carbocycles. The Morgan fingerprint density at radius 3 is 2.55 bits per heavy atom. The van der Waals surface area contributed by atoms with Crippen LogP contribution in [0, 0.1) is 10.1 Å². The van der Waals surface area contributed by atoms with Gasteiger partial charge >= 0.3 is 11.7 Å². The van der Waals surface area contributed by atoms with Gasteiger partial charge in [-0.15, -0.1) is 0 Å². The van der Waals surface area contributed by atoms with E-state index in [4.69, 9.17) is 9.47 Å². The molecule has 0 aliphatic carbocycles. The maximum Gasteiger partial charge on any atom is 0.346 e. The third kappa shape index (κ3) is 4.92. The van der Waals surface area contributed by atoms with Crippen LogP contribution in [0.25, 0.3) is 6.08 Å². The maximum absolute atomic E-state index is 12.8. The molecule has 11 heteroatoms. The first-order valence-corrected chi connectivity index (χ1v) is 9.88. The number of nitro groups is 1. The van der Waals surface area contributed by atoms with Crippen LogP contribution in [-0.4, -0.2) is 42.5 Å². The number of anilines is 1. The number of methoxy groups -OCH3 is 1. The van der Waals surface area contributed by atoms with Crippen LogP contribution in [-0.2, 0) is 19.1 Å². The highest BCUT2D eigenvalue weighted by Crippen LogP contribution is 2.40. The van der Waals surface area contributed by atoms with Gasteiger partial charge in [0, 0.05) is 6.07 Å². The number of nitro benzene ring substituents is 1. The number of hydrazine groups is 1. The third-order valence-corrected chi connectivity index (χ3v) is 4.60. The van der Waals surface area contributed by atoms with Gasteiger partial charge in [-0.05, 0) is 43.7 Å². The lowest BCUT2D eigenvalue weighted by Crippen LogP contribution is -2.35. The van der Waals surface area contributed by atoms with Gasteiger partial charge in [0.05, 0.1) is 24.3 Å². The minimum Gasteiger partial charge on any atom is -0.490 e. The van der Waals surface area contributed by atoms with Gasteiger partial charge in [0.2, 0.25) is 5.75 Å². The molecule has 172 valence electrons. The summed E-state index contributed by atoms with van der Waals surface area (Å²) in [6.45, 7) is 3.18. The first-order valence-electron chi connectivity index (χ1n) is 9.88. The number of hydrogen-bond acceptors (Lipinski definition) is 8. The van der Waals surface area contributed by atoms with Gasteiger partial charge in [0.15, 0.2) is 11.9 Å². The number of para-hydroxylation sites is 1. The Morgan fingerprint density at radius 1 is 1.24 bits per heavy atom.